The van der Waals surface area contributed by atoms with Gasteiger partial charge in [0.2, 0.25) is 0 Å². The van der Waals surface area contributed by atoms with E-state index in [9.17, 15) is 9.18 Å². The number of carbonyl (C=O) groups is 1. The van der Waals surface area contributed by atoms with Gasteiger partial charge < -0.3 is 10.8 Å². The Bertz CT molecular complexity index is 640. The molecule has 0 spiro atoms. The zero-order chi connectivity index (χ0) is 14.7. The first kappa shape index (κ1) is 14.2. The molecule has 3 N–H and O–H groups in total. The van der Waals surface area contributed by atoms with Crippen LogP contribution < -0.4 is 5.73 Å². The SMILES string of the molecule is Cc1ccccc1-c1cc(C(N)CC(=O)O)ccc1F. The van der Waals surface area contributed by atoms with Crippen LogP contribution in [0.4, 0.5) is 4.39 Å². The third kappa shape index (κ3) is 3.03. The quantitative estimate of drug-likeness (QED) is 0.898. The van der Waals surface area contributed by atoms with Crippen molar-refractivity contribution < 1.29 is 14.3 Å². The molecule has 2 aromatic carbocycles. The average Bonchev–Trinajstić information content (AvgIpc) is 2.39. The highest BCUT2D eigenvalue weighted by Gasteiger charge is 2.14. The molecular weight excluding hydrogens is 257 g/mol. The zero-order valence-corrected chi connectivity index (χ0v) is 11.1. The van der Waals surface area contributed by atoms with Crippen molar-refractivity contribution in [2.24, 2.45) is 5.73 Å². The Hall–Kier alpha value is -2.20. The topological polar surface area (TPSA) is 63.3 Å². The molecule has 20 heavy (non-hydrogen) atoms. The smallest absolute Gasteiger partial charge is 0.305 e. The molecule has 0 aromatic heterocycles. The van der Waals surface area contributed by atoms with Gasteiger partial charge >= 0.3 is 5.97 Å². The molecule has 1 unspecified atom stereocenters. The molecule has 0 aliphatic carbocycles. The van der Waals surface area contributed by atoms with Crippen LogP contribution in [0.15, 0.2) is 42.5 Å². The molecule has 0 radical (unpaired) electrons. The highest BCUT2D eigenvalue weighted by molar-refractivity contribution is 5.70. The largest absolute Gasteiger partial charge is 0.481 e. The van der Waals surface area contributed by atoms with E-state index in [1.807, 2.05) is 31.2 Å². The number of rotatable bonds is 4. The third-order valence-electron chi connectivity index (χ3n) is 3.25. The van der Waals surface area contributed by atoms with Gasteiger partial charge in [-0.3, -0.25) is 4.79 Å². The first-order valence-corrected chi connectivity index (χ1v) is 6.32. The van der Waals surface area contributed by atoms with E-state index in [2.05, 4.69) is 0 Å². The van der Waals surface area contributed by atoms with Crippen LogP contribution in [0.2, 0.25) is 0 Å². The second-order valence-corrected chi connectivity index (χ2v) is 4.76. The van der Waals surface area contributed by atoms with Crippen LogP contribution in [-0.4, -0.2) is 11.1 Å². The summed E-state index contributed by atoms with van der Waals surface area (Å²) >= 11 is 0. The van der Waals surface area contributed by atoms with Gasteiger partial charge in [0.1, 0.15) is 5.82 Å². The summed E-state index contributed by atoms with van der Waals surface area (Å²) in [5.74, 6) is -1.31. The van der Waals surface area contributed by atoms with E-state index in [1.54, 1.807) is 6.07 Å². The molecule has 0 aliphatic rings. The van der Waals surface area contributed by atoms with E-state index in [0.29, 0.717) is 11.1 Å². The summed E-state index contributed by atoms with van der Waals surface area (Å²) in [7, 11) is 0. The standard InChI is InChI=1S/C16H16FNO2/c1-10-4-2-3-5-12(10)13-8-11(6-7-14(13)17)15(18)9-16(19)20/h2-8,15H,9,18H2,1H3,(H,19,20). The minimum Gasteiger partial charge on any atom is -0.481 e. The van der Waals surface area contributed by atoms with E-state index in [0.717, 1.165) is 11.1 Å². The second kappa shape index (κ2) is 5.84. The van der Waals surface area contributed by atoms with Gasteiger partial charge in [-0.2, -0.15) is 0 Å². The number of carboxylic acids is 1. The number of benzene rings is 2. The van der Waals surface area contributed by atoms with Crippen molar-refractivity contribution in [1.82, 2.24) is 0 Å². The lowest BCUT2D eigenvalue weighted by Crippen LogP contribution is -2.15. The number of aliphatic carboxylic acids is 1. The number of carboxylic acid groups (broad SMARTS) is 1. The molecule has 0 fully saturated rings. The van der Waals surface area contributed by atoms with Crippen LogP contribution in [0.1, 0.15) is 23.6 Å². The Morgan fingerprint density at radius 2 is 1.95 bits per heavy atom. The maximum atomic E-state index is 14.0. The fourth-order valence-electron chi connectivity index (χ4n) is 2.16. The summed E-state index contributed by atoms with van der Waals surface area (Å²) in [5, 5.41) is 8.78. The van der Waals surface area contributed by atoms with Crippen LogP contribution in [0, 0.1) is 12.7 Å². The lowest BCUT2D eigenvalue weighted by atomic mass is 9.95. The molecule has 0 aliphatic heterocycles. The first-order valence-electron chi connectivity index (χ1n) is 6.32. The van der Waals surface area contributed by atoms with Gasteiger partial charge in [-0.1, -0.05) is 30.3 Å². The minimum atomic E-state index is -0.973. The van der Waals surface area contributed by atoms with Crippen molar-refractivity contribution in [2.45, 2.75) is 19.4 Å². The van der Waals surface area contributed by atoms with Crippen molar-refractivity contribution in [2.75, 3.05) is 0 Å². The van der Waals surface area contributed by atoms with E-state index in [1.165, 1.54) is 12.1 Å². The lowest BCUT2D eigenvalue weighted by Gasteiger charge is -2.13. The Labute approximate surface area is 116 Å². The summed E-state index contributed by atoms with van der Waals surface area (Å²) in [5.41, 5.74) is 8.63. The van der Waals surface area contributed by atoms with Gasteiger partial charge in [-0.25, -0.2) is 4.39 Å². The van der Waals surface area contributed by atoms with E-state index < -0.39 is 12.0 Å². The summed E-state index contributed by atoms with van der Waals surface area (Å²) in [4.78, 5) is 10.7. The highest BCUT2D eigenvalue weighted by atomic mass is 19.1. The predicted octanol–water partition coefficient (Wildman–Crippen LogP) is 3.28. The van der Waals surface area contributed by atoms with Crippen molar-refractivity contribution in [3.8, 4) is 11.1 Å². The molecule has 0 bridgehead atoms. The van der Waals surface area contributed by atoms with Crippen molar-refractivity contribution in [1.29, 1.82) is 0 Å². The van der Waals surface area contributed by atoms with Crippen molar-refractivity contribution in [3.05, 3.63) is 59.4 Å². The summed E-state index contributed by atoms with van der Waals surface area (Å²) in [6.45, 7) is 1.90. The molecule has 3 nitrogen and oxygen atoms in total. The molecule has 2 rings (SSSR count). The molecule has 4 heteroatoms. The van der Waals surface area contributed by atoms with Crippen LogP contribution in [0.25, 0.3) is 11.1 Å². The Kier molecular flexibility index (Phi) is 4.15. The maximum absolute atomic E-state index is 14.0. The molecule has 1 atom stereocenters. The number of aryl methyl sites for hydroxylation is 1. The van der Waals surface area contributed by atoms with Crippen LogP contribution in [0.5, 0.6) is 0 Å². The predicted molar refractivity (Wildman–Crippen MR) is 75.8 cm³/mol. The van der Waals surface area contributed by atoms with E-state index in [4.69, 9.17) is 10.8 Å². The Morgan fingerprint density at radius 1 is 1.25 bits per heavy atom. The van der Waals surface area contributed by atoms with Gasteiger partial charge in [0, 0.05) is 11.6 Å². The molecule has 0 saturated carbocycles. The second-order valence-electron chi connectivity index (χ2n) is 4.76. The van der Waals surface area contributed by atoms with E-state index in [-0.39, 0.29) is 12.2 Å². The third-order valence-corrected chi connectivity index (χ3v) is 3.25. The normalized spacial score (nSPS) is 12.2. The molecule has 0 heterocycles. The van der Waals surface area contributed by atoms with Crippen molar-refractivity contribution in [3.63, 3.8) is 0 Å². The van der Waals surface area contributed by atoms with Gasteiger partial charge in [0.05, 0.1) is 6.42 Å². The van der Waals surface area contributed by atoms with Gasteiger partial charge in [-0.15, -0.1) is 0 Å². The number of nitrogens with two attached hydrogens (primary N) is 1. The van der Waals surface area contributed by atoms with Gasteiger partial charge in [0.15, 0.2) is 0 Å². The molecule has 2 aromatic rings. The summed E-state index contributed by atoms with van der Waals surface area (Å²) in [6.07, 6.45) is -0.182. The fourth-order valence-corrected chi connectivity index (χ4v) is 2.16. The number of halogens is 1. The monoisotopic (exact) mass is 273 g/mol. The van der Waals surface area contributed by atoms with Crippen molar-refractivity contribution >= 4 is 5.97 Å². The number of hydrogen-bond donors (Lipinski definition) is 2. The Balaban J connectivity index is 2.44. The first-order chi connectivity index (χ1) is 9.49. The average molecular weight is 273 g/mol. The molecule has 0 saturated heterocycles. The fraction of sp³-hybridized carbons (Fsp3) is 0.188. The van der Waals surface area contributed by atoms with Crippen LogP contribution in [0.3, 0.4) is 0 Å². The summed E-state index contributed by atoms with van der Waals surface area (Å²) in [6, 6.07) is 11.3. The highest BCUT2D eigenvalue weighted by Crippen LogP contribution is 2.28. The van der Waals surface area contributed by atoms with Crippen LogP contribution >= 0.6 is 0 Å². The van der Waals surface area contributed by atoms with Gasteiger partial charge in [0.25, 0.3) is 0 Å². The van der Waals surface area contributed by atoms with Gasteiger partial charge in [-0.05, 0) is 35.7 Å². The molecule has 0 amide bonds. The Morgan fingerprint density at radius 3 is 2.60 bits per heavy atom. The molecular formula is C16H16FNO2. The summed E-state index contributed by atoms with van der Waals surface area (Å²) < 4.78 is 14.0. The zero-order valence-electron chi connectivity index (χ0n) is 11.1. The van der Waals surface area contributed by atoms with E-state index >= 15 is 0 Å². The minimum absolute atomic E-state index is 0.182. The lowest BCUT2D eigenvalue weighted by molar-refractivity contribution is -0.137. The maximum Gasteiger partial charge on any atom is 0.305 e. The molecule has 104 valence electrons. The number of hydrogen-bond acceptors (Lipinski definition) is 2. The van der Waals surface area contributed by atoms with Crippen LogP contribution in [-0.2, 0) is 4.79 Å².